The maximum Gasteiger partial charge on any atom is 0.442 e. The van der Waals surface area contributed by atoms with Crippen molar-refractivity contribution in [3.63, 3.8) is 0 Å². The van der Waals surface area contributed by atoms with Crippen molar-refractivity contribution in [3.05, 3.63) is 0 Å². The Labute approximate surface area is 68.1 Å². The van der Waals surface area contributed by atoms with E-state index in [1.54, 1.807) is 0 Å². The Morgan fingerprint density at radius 1 is 1.15 bits per heavy atom. The van der Waals surface area contributed by atoms with E-state index in [0.717, 1.165) is 0 Å². The van der Waals surface area contributed by atoms with Gasteiger partial charge in [-0.05, 0) is 0 Å². The van der Waals surface area contributed by atoms with Crippen molar-refractivity contribution in [2.75, 3.05) is 0 Å². The highest BCUT2D eigenvalue weighted by molar-refractivity contribution is 7.87. The first-order valence-electron chi connectivity index (χ1n) is 2.37. The lowest BCUT2D eigenvalue weighted by molar-refractivity contribution is -0.191. The second-order valence-electron chi connectivity index (χ2n) is 1.84. The third-order valence-corrected chi connectivity index (χ3v) is 1.84. The highest BCUT2D eigenvalue weighted by Gasteiger charge is 2.70. The van der Waals surface area contributed by atoms with Gasteiger partial charge in [0.25, 0.3) is 0 Å². The maximum absolute atomic E-state index is 11.9. The van der Waals surface area contributed by atoms with Crippen LogP contribution >= 0.6 is 0 Å². The normalized spacial score (nSPS) is 14.3. The molecule has 13 heavy (non-hydrogen) atoms. The lowest BCUT2D eigenvalue weighted by Gasteiger charge is -2.18. The van der Waals surface area contributed by atoms with Crippen LogP contribution in [0.15, 0.2) is 0 Å². The van der Waals surface area contributed by atoms with Crippen LogP contribution in [0.4, 0.5) is 22.0 Å². The lowest BCUT2D eigenvalue weighted by atomic mass is 10.4. The molecule has 0 aliphatic heterocycles. The van der Waals surface area contributed by atoms with E-state index in [4.69, 9.17) is 4.55 Å². The van der Waals surface area contributed by atoms with E-state index < -0.39 is 27.3 Å². The Morgan fingerprint density at radius 3 is 1.54 bits per heavy atom. The Bertz CT molecular complexity index is 319. The summed E-state index contributed by atoms with van der Waals surface area (Å²) >= 11 is 0. The molecule has 0 aromatic heterocycles. The molecule has 0 aromatic rings. The van der Waals surface area contributed by atoms with Crippen LogP contribution in [-0.2, 0) is 14.9 Å². The van der Waals surface area contributed by atoms with Gasteiger partial charge in [0.2, 0.25) is 0 Å². The van der Waals surface area contributed by atoms with E-state index in [0.29, 0.717) is 0 Å². The number of halogens is 5. The van der Waals surface area contributed by atoms with Gasteiger partial charge in [0.15, 0.2) is 0 Å². The zero-order chi connectivity index (χ0) is 11.1. The zero-order valence-electron chi connectivity index (χ0n) is 5.47. The van der Waals surface area contributed by atoms with Crippen LogP contribution in [0.1, 0.15) is 0 Å². The summed E-state index contributed by atoms with van der Waals surface area (Å²) in [6, 6.07) is -3.85. The van der Waals surface area contributed by atoms with Gasteiger partial charge < -0.3 is 0 Å². The SMILES string of the molecule is O=C(F)C(F)(F)C(F)(F)S(=O)(=O)O. The standard InChI is InChI=1S/C3HF5O4S/c4-1(9)2(5,6)3(7,8)13(10,11)12/h(H,10,11,12). The molecule has 0 spiro atoms. The second kappa shape index (κ2) is 2.87. The van der Waals surface area contributed by atoms with Crippen molar-refractivity contribution in [2.24, 2.45) is 0 Å². The largest absolute Gasteiger partial charge is 0.442 e. The van der Waals surface area contributed by atoms with Crippen LogP contribution in [0.2, 0.25) is 0 Å². The van der Waals surface area contributed by atoms with E-state index in [1.807, 2.05) is 0 Å². The molecule has 0 saturated carbocycles. The van der Waals surface area contributed by atoms with Crippen LogP contribution in [-0.4, -0.2) is 30.2 Å². The molecule has 1 N–H and O–H groups in total. The predicted molar refractivity (Wildman–Crippen MR) is 27.6 cm³/mol. The minimum Gasteiger partial charge on any atom is -0.281 e. The topological polar surface area (TPSA) is 71.4 Å². The summed E-state index contributed by atoms with van der Waals surface area (Å²) in [6.07, 6.45) is 0. The number of hydrogen-bond acceptors (Lipinski definition) is 3. The Morgan fingerprint density at radius 2 is 1.46 bits per heavy atom. The fourth-order valence-corrected chi connectivity index (χ4v) is 0.681. The number of carbonyl (C=O) groups is 1. The minimum absolute atomic E-state index is 3.85. The van der Waals surface area contributed by atoms with E-state index in [9.17, 15) is 35.2 Å². The molecule has 10 heteroatoms. The number of alkyl halides is 4. The van der Waals surface area contributed by atoms with Crippen LogP contribution in [0.5, 0.6) is 0 Å². The number of rotatable bonds is 3. The van der Waals surface area contributed by atoms with Gasteiger partial charge in [-0.15, -0.1) is 0 Å². The van der Waals surface area contributed by atoms with Crippen LogP contribution < -0.4 is 0 Å². The van der Waals surface area contributed by atoms with Crippen LogP contribution in [0.3, 0.4) is 0 Å². The molecule has 0 fully saturated rings. The fourth-order valence-electron chi connectivity index (χ4n) is 0.276. The first-order chi connectivity index (χ1) is 5.44. The monoisotopic (exact) mass is 228 g/mol. The molecule has 0 rings (SSSR count). The van der Waals surface area contributed by atoms with Gasteiger partial charge in [0.05, 0.1) is 0 Å². The molecule has 0 aromatic carbocycles. The van der Waals surface area contributed by atoms with Crippen molar-refractivity contribution in [3.8, 4) is 0 Å². The summed E-state index contributed by atoms with van der Waals surface area (Å²) in [4.78, 5) is 9.29. The van der Waals surface area contributed by atoms with E-state index >= 15 is 0 Å². The van der Waals surface area contributed by atoms with Gasteiger partial charge in [-0.1, -0.05) is 0 Å². The molecular formula is C3HF5O4S. The smallest absolute Gasteiger partial charge is 0.281 e. The fraction of sp³-hybridized carbons (Fsp3) is 0.667. The molecule has 0 atom stereocenters. The highest BCUT2D eigenvalue weighted by atomic mass is 32.2. The predicted octanol–water partition coefficient (Wildman–Crippen LogP) is 0.598. The molecule has 0 aliphatic carbocycles. The third-order valence-electron chi connectivity index (χ3n) is 0.936. The molecule has 0 unspecified atom stereocenters. The molecule has 0 heterocycles. The van der Waals surface area contributed by atoms with Crippen molar-refractivity contribution >= 4 is 16.2 Å². The van der Waals surface area contributed by atoms with Gasteiger partial charge >= 0.3 is 27.3 Å². The Hall–Kier alpha value is -0.770. The average molecular weight is 228 g/mol. The van der Waals surface area contributed by atoms with Crippen LogP contribution in [0.25, 0.3) is 0 Å². The van der Waals surface area contributed by atoms with Gasteiger partial charge in [-0.2, -0.15) is 30.4 Å². The summed E-state index contributed by atoms with van der Waals surface area (Å²) in [5.41, 5.74) is 0. The summed E-state index contributed by atoms with van der Waals surface area (Å²) in [6.45, 7) is 0. The molecular weight excluding hydrogens is 227 g/mol. The summed E-state index contributed by atoms with van der Waals surface area (Å²) < 4.78 is 85.5. The van der Waals surface area contributed by atoms with E-state index in [2.05, 4.69) is 0 Å². The Balaban J connectivity index is 5.42. The summed E-state index contributed by atoms with van der Waals surface area (Å²) in [7, 11) is -6.55. The van der Waals surface area contributed by atoms with Gasteiger partial charge in [0.1, 0.15) is 0 Å². The van der Waals surface area contributed by atoms with Gasteiger partial charge in [-0.3, -0.25) is 9.35 Å². The molecule has 0 aliphatic rings. The quantitative estimate of drug-likeness (QED) is 0.436. The zero-order valence-corrected chi connectivity index (χ0v) is 6.29. The van der Waals surface area contributed by atoms with Crippen molar-refractivity contribution in [1.82, 2.24) is 0 Å². The van der Waals surface area contributed by atoms with E-state index in [1.165, 1.54) is 0 Å². The minimum atomic E-state index is -6.55. The van der Waals surface area contributed by atoms with Crippen molar-refractivity contribution in [1.29, 1.82) is 0 Å². The summed E-state index contributed by atoms with van der Waals surface area (Å²) in [5, 5.41) is -6.17. The second-order valence-corrected chi connectivity index (χ2v) is 3.30. The first kappa shape index (κ1) is 12.2. The Kier molecular flexibility index (Phi) is 2.70. The molecule has 4 nitrogen and oxygen atoms in total. The number of hydrogen-bond donors (Lipinski definition) is 1. The molecule has 0 bridgehead atoms. The average Bonchev–Trinajstić information content (AvgIpc) is 1.84. The molecule has 0 saturated heterocycles. The first-order valence-corrected chi connectivity index (χ1v) is 3.81. The lowest BCUT2D eigenvalue weighted by Crippen LogP contribution is -2.50. The van der Waals surface area contributed by atoms with Gasteiger partial charge in [-0.25, -0.2) is 0 Å². The molecule has 78 valence electrons. The van der Waals surface area contributed by atoms with Crippen LogP contribution in [0, 0.1) is 0 Å². The van der Waals surface area contributed by atoms with Gasteiger partial charge in [0, 0.05) is 0 Å². The third kappa shape index (κ3) is 1.77. The summed E-state index contributed by atoms with van der Waals surface area (Å²) in [5.74, 6) is -6.10. The highest BCUT2D eigenvalue weighted by Crippen LogP contribution is 2.39. The van der Waals surface area contributed by atoms with Crippen molar-refractivity contribution < 1.29 is 39.7 Å². The van der Waals surface area contributed by atoms with Crippen molar-refractivity contribution in [2.45, 2.75) is 11.2 Å². The maximum atomic E-state index is 11.9. The van der Waals surface area contributed by atoms with E-state index in [-0.39, 0.29) is 0 Å². The number of carbonyl (C=O) groups excluding carboxylic acids is 1. The molecule has 0 radical (unpaired) electrons. The molecule has 0 amide bonds.